The number of benzene rings is 2. The van der Waals surface area contributed by atoms with Gasteiger partial charge in [0.05, 0.1) is 47.3 Å². The fourth-order valence-corrected chi connectivity index (χ4v) is 5.68. The van der Waals surface area contributed by atoms with Crippen LogP contribution in [0.3, 0.4) is 0 Å². The van der Waals surface area contributed by atoms with Gasteiger partial charge < -0.3 is 41.4 Å². The summed E-state index contributed by atoms with van der Waals surface area (Å²) in [5.41, 5.74) is 5.13. The van der Waals surface area contributed by atoms with E-state index in [1.165, 1.54) is 0 Å². The molecule has 0 radical (unpaired) electrons. The monoisotopic (exact) mass is 728 g/mol. The minimum absolute atomic E-state index is 0.479. The third kappa shape index (κ3) is 8.74. The summed E-state index contributed by atoms with van der Waals surface area (Å²) >= 11 is 0. The van der Waals surface area contributed by atoms with Crippen molar-refractivity contribution in [2.75, 3.05) is 0 Å². The predicted octanol–water partition coefficient (Wildman–Crippen LogP) is 5.30. The second kappa shape index (κ2) is 16.3. The van der Waals surface area contributed by atoms with E-state index in [-0.39, 0.29) is 0 Å². The van der Waals surface area contributed by atoms with Crippen LogP contribution in [-0.2, 0) is 9.59 Å². The first-order valence-corrected chi connectivity index (χ1v) is 16.8. The molecule has 274 valence electrons. The average Bonchev–Trinajstić information content (AvgIpc) is 3.88. The summed E-state index contributed by atoms with van der Waals surface area (Å²) in [5.74, 6) is -0.0802. The second-order valence-corrected chi connectivity index (χ2v) is 12.3. The van der Waals surface area contributed by atoms with Gasteiger partial charge in [0.2, 0.25) is 11.8 Å². The number of aromatic nitrogens is 6. The fraction of sp³-hybridized carbons (Fsp3) is 0.158. The lowest BCUT2D eigenvalue weighted by Crippen LogP contribution is -2.40. The first-order valence-electron chi connectivity index (χ1n) is 16.8. The lowest BCUT2D eigenvalue weighted by atomic mass is 10.1. The predicted molar refractivity (Wildman–Crippen MR) is 196 cm³/mol. The number of hydrogen-bond donors (Lipinski definition) is 8. The summed E-state index contributed by atoms with van der Waals surface area (Å²) in [6.07, 6.45) is 3.99. The summed E-state index contributed by atoms with van der Waals surface area (Å²) in [6.45, 7) is 3.49. The molecular formula is C38H36N10O6. The number of aromatic amines is 2. The van der Waals surface area contributed by atoms with Crippen molar-refractivity contribution >= 4 is 24.0 Å². The van der Waals surface area contributed by atoms with Gasteiger partial charge in [0.15, 0.2) is 0 Å². The Labute approximate surface area is 308 Å². The van der Waals surface area contributed by atoms with E-state index in [9.17, 15) is 29.4 Å². The standard InChI is InChI=1S/C38H36N10O6/c1-21(43-35(49)31(47-37(51)52)23-9-5-3-6-10-23)33-41-19-29(45-33)25-13-15-27(39-17-25)28-16-14-26(18-40-28)30-20-42-34(46-30)22(2)44-36(50)32(48-38(53)54)24-11-7-4-8-12-24/h3-22,31-32,47-48H,1-2H3,(H,41,45)(H,42,46)(H,43,49)(H,44,50)(H,51,52)(H,53,54)/t21?,22?,31-,32-/m0/s1. The van der Waals surface area contributed by atoms with Crippen LogP contribution < -0.4 is 21.3 Å². The zero-order valence-corrected chi connectivity index (χ0v) is 29.0. The Balaban J connectivity index is 1.07. The largest absolute Gasteiger partial charge is 0.465 e. The van der Waals surface area contributed by atoms with Gasteiger partial charge in [-0.25, -0.2) is 19.6 Å². The van der Waals surface area contributed by atoms with E-state index in [4.69, 9.17) is 0 Å². The Morgan fingerprint density at radius 2 is 0.907 bits per heavy atom. The van der Waals surface area contributed by atoms with Gasteiger partial charge in [-0.3, -0.25) is 19.6 Å². The number of carbonyl (C=O) groups excluding carboxylic acids is 2. The highest BCUT2D eigenvalue weighted by Crippen LogP contribution is 2.25. The zero-order valence-electron chi connectivity index (χ0n) is 29.0. The molecule has 6 rings (SSSR count). The highest BCUT2D eigenvalue weighted by molar-refractivity contribution is 5.87. The maximum atomic E-state index is 13.0. The number of imidazole rings is 2. The maximum Gasteiger partial charge on any atom is 0.405 e. The highest BCUT2D eigenvalue weighted by Gasteiger charge is 2.26. The van der Waals surface area contributed by atoms with Crippen LogP contribution >= 0.6 is 0 Å². The smallest absolute Gasteiger partial charge is 0.405 e. The van der Waals surface area contributed by atoms with Crippen molar-refractivity contribution in [3.63, 3.8) is 0 Å². The van der Waals surface area contributed by atoms with Gasteiger partial charge in [-0.1, -0.05) is 60.7 Å². The molecule has 0 aliphatic rings. The van der Waals surface area contributed by atoms with E-state index < -0.39 is 48.2 Å². The van der Waals surface area contributed by atoms with Crippen LogP contribution in [0.2, 0.25) is 0 Å². The van der Waals surface area contributed by atoms with Crippen molar-refractivity contribution in [1.29, 1.82) is 0 Å². The lowest BCUT2D eigenvalue weighted by Gasteiger charge is -2.19. The van der Waals surface area contributed by atoms with Gasteiger partial charge in [0.1, 0.15) is 23.7 Å². The number of amides is 4. The molecule has 0 bridgehead atoms. The highest BCUT2D eigenvalue weighted by atomic mass is 16.4. The third-order valence-corrected chi connectivity index (χ3v) is 8.47. The molecule has 6 aromatic rings. The third-order valence-electron chi connectivity index (χ3n) is 8.47. The Kier molecular flexibility index (Phi) is 11.0. The molecule has 4 heterocycles. The van der Waals surface area contributed by atoms with Crippen molar-refractivity contribution in [3.05, 3.63) is 132 Å². The summed E-state index contributed by atoms with van der Waals surface area (Å²) in [5, 5.41) is 28.7. The van der Waals surface area contributed by atoms with Gasteiger partial charge in [-0.2, -0.15) is 0 Å². The Hall–Kier alpha value is -7.36. The number of rotatable bonds is 13. The maximum absolute atomic E-state index is 13.0. The Morgan fingerprint density at radius 3 is 1.24 bits per heavy atom. The van der Waals surface area contributed by atoms with Crippen molar-refractivity contribution < 1.29 is 29.4 Å². The van der Waals surface area contributed by atoms with Crippen LogP contribution in [0.4, 0.5) is 9.59 Å². The molecule has 4 amide bonds. The SMILES string of the molecule is CC(NC(=O)[C@@H](NC(=O)O)c1ccccc1)c1ncc(-c2ccc(-c3ccc(-c4cnc(C(C)NC(=O)[C@@H](NC(=O)O)c5ccccc5)[nH]4)cn3)nc2)[nH]1. The van der Waals surface area contributed by atoms with Crippen LogP contribution in [0.1, 0.15) is 60.8 Å². The van der Waals surface area contributed by atoms with Gasteiger partial charge >= 0.3 is 12.2 Å². The van der Waals surface area contributed by atoms with E-state index in [1.54, 1.807) is 99.3 Å². The summed E-state index contributed by atoms with van der Waals surface area (Å²) in [6, 6.07) is 21.2. The summed E-state index contributed by atoms with van der Waals surface area (Å²) < 4.78 is 0. The van der Waals surface area contributed by atoms with Gasteiger partial charge in [-0.05, 0) is 49.2 Å². The van der Waals surface area contributed by atoms with Gasteiger partial charge in [0, 0.05) is 23.5 Å². The number of carbonyl (C=O) groups is 4. The molecule has 0 saturated carbocycles. The van der Waals surface area contributed by atoms with Crippen molar-refractivity contribution in [2.45, 2.75) is 38.0 Å². The second-order valence-electron chi connectivity index (χ2n) is 12.3. The number of carboxylic acid groups (broad SMARTS) is 2. The van der Waals surface area contributed by atoms with E-state index in [2.05, 4.69) is 51.2 Å². The van der Waals surface area contributed by atoms with Crippen LogP contribution in [0, 0.1) is 0 Å². The zero-order chi connectivity index (χ0) is 38.2. The topological polar surface area (TPSA) is 240 Å². The van der Waals surface area contributed by atoms with E-state index >= 15 is 0 Å². The Bertz CT molecular complexity index is 2070. The van der Waals surface area contributed by atoms with Crippen molar-refractivity contribution in [2.24, 2.45) is 0 Å². The summed E-state index contributed by atoms with van der Waals surface area (Å²) in [7, 11) is 0. The first-order chi connectivity index (χ1) is 26.0. The number of nitrogens with zero attached hydrogens (tertiary/aromatic N) is 4. The van der Waals surface area contributed by atoms with Gasteiger partial charge in [-0.15, -0.1) is 0 Å². The van der Waals surface area contributed by atoms with E-state index in [0.717, 1.165) is 11.1 Å². The van der Waals surface area contributed by atoms with E-state index in [1.807, 2.05) is 24.3 Å². The number of nitrogens with one attached hydrogen (secondary N) is 6. The molecule has 2 unspecified atom stereocenters. The van der Waals surface area contributed by atoms with Crippen molar-refractivity contribution in [3.8, 4) is 33.9 Å². The molecule has 16 nitrogen and oxygen atoms in total. The van der Waals surface area contributed by atoms with Gasteiger partial charge in [0.25, 0.3) is 0 Å². The normalized spacial score (nSPS) is 13.1. The molecule has 0 aliphatic heterocycles. The van der Waals surface area contributed by atoms with Crippen LogP contribution in [0.25, 0.3) is 33.9 Å². The fourth-order valence-electron chi connectivity index (χ4n) is 5.68. The molecule has 0 spiro atoms. The first kappa shape index (κ1) is 36.4. The molecule has 4 atom stereocenters. The molecule has 2 aromatic carbocycles. The molecule has 0 saturated heterocycles. The number of pyridine rings is 2. The average molecular weight is 729 g/mol. The molecule has 16 heteroatoms. The number of H-pyrrole nitrogens is 2. The molecule has 0 aliphatic carbocycles. The quantitative estimate of drug-likeness (QED) is 0.0764. The van der Waals surface area contributed by atoms with Crippen LogP contribution in [0.15, 0.2) is 110 Å². The molecule has 54 heavy (non-hydrogen) atoms. The molecule has 4 aromatic heterocycles. The lowest BCUT2D eigenvalue weighted by molar-refractivity contribution is -0.124. The molecule has 8 N–H and O–H groups in total. The minimum atomic E-state index is -1.32. The van der Waals surface area contributed by atoms with Crippen LogP contribution in [0.5, 0.6) is 0 Å². The van der Waals surface area contributed by atoms with Crippen LogP contribution in [-0.4, -0.2) is 64.1 Å². The minimum Gasteiger partial charge on any atom is -0.465 e. The van der Waals surface area contributed by atoms with E-state index in [0.29, 0.717) is 45.6 Å². The molecular weight excluding hydrogens is 692 g/mol. The Morgan fingerprint density at radius 1 is 0.519 bits per heavy atom. The molecule has 0 fully saturated rings. The summed E-state index contributed by atoms with van der Waals surface area (Å²) in [4.78, 5) is 73.2. The van der Waals surface area contributed by atoms with Crippen molar-refractivity contribution in [1.82, 2.24) is 51.2 Å². The number of hydrogen-bond acceptors (Lipinski definition) is 8.